The molecular formula is C14H12Cl2N2O3S. The Kier molecular flexibility index (Phi) is 4.95. The van der Waals surface area contributed by atoms with Crippen molar-refractivity contribution in [3.05, 3.63) is 57.6 Å². The molecule has 0 aliphatic carbocycles. The predicted molar refractivity (Wildman–Crippen MR) is 87.2 cm³/mol. The van der Waals surface area contributed by atoms with Gasteiger partial charge in [0.2, 0.25) is 0 Å². The summed E-state index contributed by atoms with van der Waals surface area (Å²) >= 11 is 11.9. The fraction of sp³-hybridized carbons (Fsp3) is 0.0714. The van der Waals surface area contributed by atoms with Crippen LogP contribution in [0.25, 0.3) is 0 Å². The number of hydrogen-bond acceptors (Lipinski definition) is 4. The first-order chi connectivity index (χ1) is 10.3. The third-order valence-electron chi connectivity index (χ3n) is 2.69. The minimum atomic E-state index is -3.98. The van der Waals surface area contributed by atoms with Gasteiger partial charge in [0, 0.05) is 0 Å². The first kappa shape index (κ1) is 16.6. The Balaban J connectivity index is 2.23. The lowest BCUT2D eigenvalue weighted by molar-refractivity contribution is 0.475. The number of nitrogens with zero attached hydrogens (tertiary/aromatic N) is 1. The molecule has 22 heavy (non-hydrogen) atoms. The first-order valence-electron chi connectivity index (χ1n) is 6.09. The molecule has 0 aliphatic rings. The molecule has 116 valence electrons. The normalized spacial score (nSPS) is 11.8. The van der Waals surface area contributed by atoms with Gasteiger partial charge in [0.25, 0.3) is 10.0 Å². The van der Waals surface area contributed by atoms with E-state index in [4.69, 9.17) is 28.3 Å². The van der Waals surface area contributed by atoms with Crippen LogP contribution in [0.5, 0.6) is 5.75 Å². The molecule has 0 saturated carbocycles. The molecule has 0 spiro atoms. The van der Waals surface area contributed by atoms with E-state index in [0.717, 1.165) is 5.56 Å². The Bertz CT molecular complexity index is 795. The number of aromatic hydroxyl groups is 1. The van der Waals surface area contributed by atoms with Crippen LogP contribution in [0.3, 0.4) is 0 Å². The molecule has 0 radical (unpaired) electrons. The van der Waals surface area contributed by atoms with Crippen molar-refractivity contribution >= 4 is 39.4 Å². The Morgan fingerprint density at radius 2 is 1.68 bits per heavy atom. The number of hydrogen-bond donors (Lipinski definition) is 2. The second-order valence-corrected chi connectivity index (χ2v) is 6.91. The summed E-state index contributed by atoms with van der Waals surface area (Å²) in [4.78, 5) is 1.83. The lowest BCUT2D eigenvalue weighted by Gasteiger charge is -2.08. The molecule has 0 amide bonds. The zero-order chi connectivity index (χ0) is 16.3. The highest BCUT2D eigenvalue weighted by molar-refractivity contribution is 7.89. The van der Waals surface area contributed by atoms with Gasteiger partial charge in [-0.3, -0.25) is 0 Å². The lowest BCUT2D eigenvalue weighted by Crippen LogP contribution is -2.19. The van der Waals surface area contributed by atoms with Gasteiger partial charge in [-0.25, -0.2) is 0 Å². The van der Waals surface area contributed by atoms with E-state index in [1.807, 2.05) is 4.83 Å². The number of aryl methyl sites for hydroxylation is 1. The molecule has 0 aromatic heterocycles. The minimum Gasteiger partial charge on any atom is -0.508 e. The molecule has 0 unspecified atom stereocenters. The van der Waals surface area contributed by atoms with E-state index in [1.54, 1.807) is 19.1 Å². The van der Waals surface area contributed by atoms with Gasteiger partial charge in [-0.15, -0.1) is 0 Å². The molecule has 0 atom stereocenters. The zero-order valence-corrected chi connectivity index (χ0v) is 13.7. The molecule has 2 rings (SSSR count). The Morgan fingerprint density at radius 1 is 1.14 bits per heavy atom. The van der Waals surface area contributed by atoms with Crippen LogP contribution in [0.15, 0.2) is 46.4 Å². The number of nitrogens with one attached hydrogen (secondary N) is 1. The highest BCUT2D eigenvalue weighted by atomic mass is 35.5. The first-order valence-corrected chi connectivity index (χ1v) is 8.33. The van der Waals surface area contributed by atoms with Gasteiger partial charge < -0.3 is 5.11 Å². The van der Waals surface area contributed by atoms with E-state index in [-0.39, 0.29) is 20.7 Å². The third kappa shape index (κ3) is 3.91. The van der Waals surface area contributed by atoms with Crippen molar-refractivity contribution in [1.29, 1.82) is 0 Å². The SMILES string of the molecule is Cc1cc(Cl)c(S(=O)(=O)N/N=C\c2ccc(O)cc2)c(Cl)c1. The average molecular weight is 359 g/mol. The summed E-state index contributed by atoms with van der Waals surface area (Å²) in [6, 6.07) is 9.10. The van der Waals surface area contributed by atoms with Crippen molar-refractivity contribution in [2.24, 2.45) is 5.10 Å². The summed E-state index contributed by atoms with van der Waals surface area (Å²) in [5.74, 6) is 0.107. The summed E-state index contributed by atoms with van der Waals surface area (Å²) in [5, 5.41) is 12.9. The van der Waals surface area contributed by atoms with Crippen molar-refractivity contribution in [1.82, 2.24) is 4.83 Å². The number of hydrazone groups is 1. The second kappa shape index (κ2) is 6.56. The van der Waals surface area contributed by atoms with Crippen LogP contribution >= 0.6 is 23.2 Å². The van der Waals surface area contributed by atoms with Gasteiger partial charge in [0.1, 0.15) is 10.6 Å². The van der Waals surface area contributed by atoms with Crippen LogP contribution in [0.2, 0.25) is 10.0 Å². The molecule has 5 nitrogen and oxygen atoms in total. The fourth-order valence-electron chi connectivity index (χ4n) is 1.72. The van der Waals surface area contributed by atoms with Crippen molar-refractivity contribution in [2.75, 3.05) is 0 Å². The summed E-state index contributed by atoms with van der Waals surface area (Å²) in [7, 11) is -3.98. The quantitative estimate of drug-likeness (QED) is 0.649. The second-order valence-electron chi connectivity index (χ2n) is 4.50. The van der Waals surface area contributed by atoms with E-state index in [2.05, 4.69) is 5.10 Å². The zero-order valence-electron chi connectivity index (χ0n) is 11.4. The van der Waals surface area contributed by atoms with E-state index < -0.39 is 10.0 Å². The van der Waals surface area contributed by atoms with Crippen molar-refractivity contribution in [2.45, 2.75) is 11.8 Å². The molecule has 2 N–H and O–H groups in total. The van der Waals surface area contributed by atoms with Gasteiger partial charge in [-0.05, 0) is 54.4 Å². The molecular weight excluding hydrogens is 347 g/mol. The number of benzene rings is 2. The van der Waals surface area contributed by atoms with Crippen LogP contribution in [-0.4, -0.2) is 19.7 Å². The molecule has 0 fully saturated rings. The largest absolute Gasteiger partial charge is 0.508 e. The smallest absolute Gasteiger partial charge is 0.279 e. The van der Waals surface area contributed by atoms with Crippen LogP contribution < -0.4 is 4.83 Å². The maximum Gasteiger partial charge on any atom is 0.279 e. The topological polar surface area (TPSA) is 78.8 Å². The number of phenols is 1. The maximum absolute atomic E-state index is 12.2. The summed E-state index contributed by atoms with van der Waals surface area (Å²) < 4.78 is 24.4. The van der Waals surface area contributed by atoms with Crippen molar-refractivity contribution in [3.63, 3.8) is 0 Å². The average Bonchev–Trinajstić information content (AvgIpc) is 2.39. The molecule has 0 saturated heterocycles. The number of halogens is 2. The maximum atomic E-state index is 12.2. The molecule has 8 heteroatoms. The predicted octanol–water partition coefficient (Wildman–Crippen LogP) is 3.32. The molecule has 0 aliphatic heterocycles. The highest BCUT2D eigenvalue weighted by Gasteiger charge is 2.21. The third-order valence-corrected chi connectivity index (χ3v) is 4.83. The van der Waals surface area contributed by atoms with E-state index in [9.17, 15) is 8.42 Å². The van der Waals surface area contributed by atoms with Gasteiger partial charge in [0.15, 0.2) is 0 Å². The number of rotatable bonds is 4. The van der Waals surface area contributed by atoms with Crippen LogP contribution in [-0.2, 0) is 10.0 Å². The summed E-state index contributed by atoms with van der Waals surface area (Å²) in [5.41, 5.74) is 1.36. The van der Waals surface area contributed by atoms with Crippen LogP contribution in [0.1, 0.15) is 11.1 Å². The monoisotopic (exact) mass is 358 g/mol. The molecule has 2 aromatic rings. The van der Waals surface area contributed by atoms with Crippen LogP contribution in [0.4, 0.5) is 0 Å². The van der Waals surface area contributed by atoms with E-state index in [0.29, 0.717) is 5.56 Å². The van der Waals surface area contributed by atoms with E-state index >= 15 is 0 Å². The summed E-state index contributed by atoms with van der Waals surface area (Å²) in [6.07, 6.45) is 1.30. The van der Waals surface area contributed by atoms with Gasteiger partial charge in [0.05, 0.1) is 16.3 Å². The van der Waals surface area contributed by atoms with Gasteiger partial charge in [-0.1, -0.05) is 23.2 Å². The minimum absolute atomic E-state index is 0.0253. The molecule has 0 bridgehead atoms. The summed E-state index contributed by atoms with van der Waals surface area (Å²) in [6.45, 7) is 1.75. The Hall–Kier alpha value is -1.76. The van der Waals surface area contributed by atoms with Crippen molar-refractivity contribution < 1.29 is 13.5 Å². The van der Waals surface area contributed by atoms with E-state index in [1.165, 1.54) is 30.5 Å². The van der Waals surface area contributed by atoms with Crippen molar-refractivity contribution in [3.8, 4) is 5.75 Å². The van der Waals surface area contributed by atoms with Gasteiger partial charge >= 0.3 is 0 Å². The molecule has 2 aromatic carbocycles. The fourth-order valence-corrected chi connectivity index (χ4v) is 3.84. The highest BCUT2D eigenvalue weighted by Crippen LogP contribution is 2.30. The van der Waals surface area contributed by atoms with Crippen LogP contribution in [0, 0.1) is 6.92 Å². The Labute approximate surface area is 138 Å². The Morgan fingerprint density at radius 3 is 2.23 bits per heavy atom. The lowest BCUT2D eigenvalue weighted by atomic mass is 10.2. The standard InChI is InChI=1S/C14H12Cl2N2O3S/c1-9-6-12(15)14(13(16)7-9)22(20,21)18-17-8-10-2-4-11(19)5-3-10/h2-8,18-19H,1H3/b17-8-. The molecule has 0 heterocycles. The van der Waals surface area contributed by atoms with Gasteiger partial charge in [-0.2, -0.15) is 18.4 Å². The number of sulfonamides is 1. The number of phenolic OH excluding ortho intramolecular Hbond substituents is 1.